The number of methoxy groups -OCH3 is 1. The number of rotatable bonds is 9. The molecular weight excluding hydrogens is 657 g/mol. The summed E-state index contributed by atoms with van der Waals surface area (Å²) in [7, 11) is 1.28. The van der Waals surface area contributed by atoms with E-state index in [1.54, 1.807) is 38.1 Å². The van der Waals surface area contributed by atoms with Gasteiger partial charge in [0.1, 0.15) is 23.8 Å². The van der Waals surface area contributed by atoms with Gasteiger partial charge in [-0.25, -0.2) is 19.6 Å². The summed E-state index contributed by atoms with van der Waals surface area (Å²) in [6.45, 7) is 4.11. The highest BCUT2D eigenvalue weighted by Crippen LogP contribution is 2.31. The van der Waals surface area contributed by atoms with Crippen LogP contribution in [0.2, 0.25) is 10.2 Å². The summed E-state index contributed by atoms with van der Waals surface area (Å²) in [5.41, 5.74) is 0.226. The molecule has 15 heteroatoms. The maximum atomic E-state index is 13.5. The lowest BCUT2D eigenvalue weighted by Gasteiger charge is -2.29. The van der Waals surface area contributed by atoms with Crippen LogP contribution in [0.5, 0.6) is 11.5 Å². The molecule has 0 radical (unpaired) electrons. The molecule has 1 amide bonds. The van der Waals surface area contributed by atoms with E-state index >= 15 is 0 Å². The molecule has 2 aromatic heterocycles. The second kappa shape index (κ2) is 15.7. The van der Waals surface area contributed by atoms with E-state index < -0.39 is 72.2 Å². The number of aromatic nitrogens is 2. The number of benzene rings is 1. The number of carbonyl (C=O) groups is 5. The minimum absolute atomic E-state index is 0.00746. The molecule has 1 saturated heterocycles. The molecule has 1 aliphatic rings. The molecule has 3 aromatic rings. The monoisotopic (exact) mass is 687 g/mol. The van der Waals surface area contributed by atoms with Crippen LogP contribution in [0, 0.1) is 11.8 Å². The van der Waals surface area contributed by atoms with Crippen LogP contribution < -0.4 is 14.8 Å². The number of hydrogen-bond donors (Lipinski definition) is 1. The van der Waals surface area contributed by atoms with Gasteiger partial charge in [0.15, 0.2) is 23.6 Å². The van der Waals surface area contributed by atoms with Crippen molar-refractivity contribution in [1.29, 1.82) is 0 Å². The van der Waals surface area contributed by atoms with Gasteiger partial charge in [0.2, 0.25) is 5.75 Å². The summed E-state index contributed by atoms with van der Waals surface area (Å²) in [6.07, 6.45) is 0.148. The van der Waals surface area contributed by atoms with Crippen molar-refractivity contribution in [2.45, 2.75) is 45.4 Å². The van der Waals surface area contributed by atoms with E-state index in [9.17, 15) is 24.0 Å². The minimum atomic E-state index is -1.53. The van der Waals surface area contributed by atoms with Gasteiger partial charge < -0.3 is 29.0 Å². The second-order valence-corrected chi connectivity index (χ2v) is 11.5. The molecule has 1 aromatic carbocycles. The summed E-state index contributed by atoms with van der Waals surface area (Å²) >= 11 is 11.8. The lowest BCUT2D eigenvalue weighted by molar-refractivity contribution is -0.176. The molecule has 1 aliphatic heterocycles. The Kier molecular flexibility index (Phi) is 11.7. The Morgan fingerprint density at radius 3 is 2.45 bits per heavy atom. The second-order valence-electron chi connectivity index (χ2n) is 10.7. The summed E-state index contributed by atoms with van der Waals surface area (Å²) < 4.78 is 27.5. The first-order valence-electron chi connectivity index (χ1n) is 14.4. The Morgan fingerprint density at radius 2 is 1.79 bits per heavy atom. The number of pyridine rings is 2. The fraction of sp³-hybridized carbons (Fsp3) is 0.344. The number of nitrogens with zero attached hydrogens (tertiary/aromatic N) is 2. The van der Waals surface area contributed by atoms with Gasteiger partial charge in [0.25, 0.3) is 5.91 Å². The van der Waals surface area contributed by atoms with Crippen molar-refractivity contribution in [2.24, 2.45) is 11.8 Å². The normalized spacial score (nSPS) is 19.7. The van der Waals surface area contributed by atoms with E-state index in [1.807, 2.05) is 6.07 Å². The molecule has 1 N–H and O–H groups in total. The average Bonchev–Trinajstić information content (AvgIpc) is 3.08. The van der Waals surface area contributed by atoms with Crippen molar-refractivity contribution in [3.8, 4) is 11.5 Å². The highest BCUT2D eigenvalue weighted by atomic mass is 35.5. The number of halogens is 2. The third-order valence-electron chi connectivity index (χ3n) is 7.00. The number of hydrogen-bond acceptors (Lipinski definition) is 12. The summed E-state index contributed by atoms with van der Waals surface area (Å²) in [4.78, 5) is 73.7. The molecule has 2 unspecified atom stereocenters. The van der Waals surface area contributed by atoms with Crippen LogP contribution in [0.25, 0.3) is 0 Å². The molecule has 4 atom stereocenters. The molecule has 248 valence electrons. The van der Waals surface area contributed by atoms with Crippen LogP contribution >= 0.6 is 23.2 Å². The predicted molar refractivity (Wildman–Crippen MR) is 166 cm³/mol. The zero-order chi connectivity index (χ0) is 34.2. The standard InChI is InChI=1S/C32H31Cl2N3O10/c1-16(2)29(39)46-25-17(3)45-32(42)22(15-44-31(41)20(25)12-18-8-6-5-7-9-18)37-28(38)24-26(23(43-4)10-11-35-24)47-30(40)19-13-21(33)27(34)36-14-19/h5-11,13-14,16-17,20,22,25H,12,15H2,1-4H3,(H,37,38)/t17-,20+,22?,25?/m0/s1. The van der Waals surface area contributed by atoms with Gasteiger partial charge in [-0.05, 0) is 25.0 Å². The van der Waals surface area contributed by atoms with Crippen LogP contribution in [-0.4, -0.2) is 71.7 Å². The number of carbonyl (C=O) groups excluding carboxylic acids is 5. The molecular formula is C32H31Cl2N3O10. The quantitative estimate of drug-likeness (QED) is 0.195. The first-order valence-corrected chi connectivity index (χ1v) is 15.1. The van der Waals surface area contributed by atoms with Crippen molar-refractivity contribution in [3.05, 3.63) is 81.9 Å². The largest absolute Gasteiger partial charge is 0.493 e. The van der Waals surface area contributed by atoms with E-state index in [2.05, 4.69) is 15.3 Å². The number of esters is 4. The molecule has 1 fully saturated rings. The molecule has 0 spiro atoms. The van der Waals surface area contributed by atoms with Gasteiger partial charge in [-0.15, -0.1) is 0 Å². The Bertz CT molecular complexity index is 1650. The molecule has 47 heavy (non-hydrogen) atoms. The van der Waals surface area contributed by atoms with E-state index in [4.69, 9.17) is 46.9 Å². The van der Waals surface area contributed by atoms with Gasteiger partial charge in [-0.3, -0.25) is 14.4 Å². The van der Waals surface area contributed by atoms with Gasteiger partial charge in [-0.2, -0.15) is 0 Å². The fourth-order valence-electron chi connectivity index (χ4n) is 4.51. The molecule has 3 heterocycles. The van der Waals surface area contributed by atoms with Crippen LogP contribution in [0.4, 0.5) is 0 Å². The van der Waals surface area contributed by atoms with Crippen LogP contribution in [0.3, 0.4) is 0 Å². The molecule has 4 rings (SSSR count). The summed E-state index contributed by atoms with van der Waals surface area (Å²) in [6, 6.07) is 10.0. The Balaban J connectivity index is 1.60. The third-order valence-corrected chi connectivity index (χ3v) is 7.68. The van der Waals surface area contributed by atoms with Crippen LogP contribution in [0.1, 0.15) is 47.2 Å². The van der Waals surface area contributed by atoms with Crippen LogP contribution in [0.15, 0.2) is 54.9 Å². The van der Waals surface area contributed by atoms with E-state index in [0.717, 1.165) is 11.8 Å². The lowest BCUT2D eigenvalue weighted by atomic mass is 9.91. The Labute approximate surface area is 279 Å². The van der Waals surface area contributed by atoms with Crippen molar-refractivity contribution < 1.29 is 47.7 Å². The zero-order valence-corrected chi connectivity index (χ0v) is 27.2. The summed E-state index contributed by atoms with van der Waals surface area (Å²) in [5, 5.41) is 2.38. The highest BCUT2D eigenvalue weighted by Gasteiger charge is 2.42. The number of cyclic esters (lactones) is 2. The SMILES string of the molecule is COc1ccnc(C(=O)NC2COC(=O)[C@H](Cc3ccccc3)C(OC(=O)C(C)C)[C@H](C)OC2=O)c1OC(=O)c1cnc(Cl)c(Cl)c1. The average molecular weight is 689 g/mol. The first kappa shape index (κ1) is 35.1. The van der Waals surface area contributed by atoms with Gasteiger partial charge >= 0.3 is 23.9 Å². The van der Waals surface area contributed by atoms with Gasteiger partial charge in [0.05, 0.1) is 23.6 Å². The molecule has 13 nitrogen and oxygen atoms in total. The van der Waals surface area contributed by atoms with Gasteiger partial charge in [0, 0.05) is 18.5 Å². The maximum Gasteiger partial charge on any atom is 0.345 e. The van der Waals surface area contributed by atoms with Crippen molar-refractivity contribution in [2.75, 3.05) is 13.7 Å². The third kappa shape index (κ3) is 8.74. The molecule has 0 bridgehead atoms. The number of nitrogens with one attached hydrogen (secondary N) is 1. The predicted octanol–water partition coefficient (Wildman–Crippen LogP) is 4.02. The van der Waals surface area contributed by atoms with E-state index in [0.29, 0.717) is 0 Å². The molecule has 0 aliphatic carbocycles. The zero-order valence-electron chi connectivity index (χ0n) is 25.7. The van der Waals surface area contributed by atoms with Crippen molar-refractivity contribution in [1.82, 2.24) is 15.3 Å². The number of ether oxygens (including phenoxy) is 5. The van der Waals surface area contributed by atoms with E-state index in [-0.39, 0.29) is 33.7 Å². The lowest BCUT2D eigenvalue weighted by Crippen LogP contribution is -2.47. The topological polar surface area (TPSA) is 169 Å². The smallest absolute Gasteiger partial charge is 0.345 e. The minimum Gasteiger partial charge on any atom is -0.493 e. The molecule has 0 saturated carbocycles. The summed E-state index contributed by atoms with van der Waals surface area (Å²) in [5.74, 6) is -6.30. The highest BCUT2D eigenvalue weighted by molar-refractivity contribution is 6.41. The number of amides is 1. The first-order chi connectivity index (χ1) is 22.4. The van der Waals surface area contributed by atoms with Crippen molar-refractivity contribution >= 4 is 53.0 Å². The van der Waals surface area contributed by atoms with Crippen molar-refractivity contribution in [3.63, 3.8) is 0 Å². The van der Waals surface area contributed by atoms with E-state index in [1.165, 1.54) is 32.4 Å². The van der Waals surface area contributed by atoms with Crippen LogP contribution in [-0.2, 0) is 35.0 Å². The maximum absolute atomic E-state index is 13.5. The Morgan fingerprint density at radius 1 is 1.06 bits per heavy atom. The Hall–Kier alpha value is -4.75. The van der Waals surface area contributed by atoms with Gasteiger partial charge in [-0.1, -0.05) is 67.4 Å². The fourth-order valence-corrected chi connectivity index (χ4v) is 4.78.